The van der Waals surface area contributed by atoms with E-state index in [1.54, 1.807) is 32.9 Å². The summed E-state index contributed by atoms with van der Waals surface area (Å²) in [5.74, 6) is -0.248. The Hall–Kier alpha value is -2.04. The zero-order valence-electron chi connectivity index (χ0n) is 14.0. The van der Waals surface area contributed by atoms with Crippen LogP contribution in [0.25, 0.3) is 0 Å². The standard InChI is InChI=1S/C17H26N2O3/c1-6-12(2)14(19-16(21)22-17(3,4)5)15(20)18-13-10-8-7-9-11-13/h7-12,14H,6H2,1-5H3,(H,18,20)(H,19,21). The fraction of sp³-hybridized carbons (Fsp3) is 0.529. The van der Waals surface area contributed by atoms with Crippen LogP contribution in [0, 0.1) is 5.92 Å². The molecule has 0 spiro atoms. The molecule has 0 bridgehead atoms. The van der Waals surface area contributed by atoms with Gasteiger partial charge in [-0.2, -0.15) is 0 Å². The van der Waals surface area contributed by atoms with Gasteiger partial charge < -0.3 is 15.4 Å². The van der Waals surface area contributed by atoms with Gasteiger partial charge >= 0.3 is 6.09 Å². The van der Waals surface area contributed by atoms with Gasteiger partial charge in [0.05, 0.1) is 0 Å². The molecule has 0 aliphatic heterocycles. The van der Waals surface area contributed by atoms with E-state index in [2.05, 4.69) is 10.6 Å². The quantitative estimate of drug-likeness (QED) is 0.874. The molecule has 2 unspecified atom stereocenters. The average Bonchev–Trinajstić information content (AvgIpc) is 2.43. The van der Waals surface area contributed by atoms with E-state index in [1.807, 2.05) is 32.0 Å². The SMILES string of the molecule is CCC(C)C(NC(=O)OC(C)(C)C)C(=O)Nc1ccccc1. The maximum absolute atomic E-state index is 12.4. The summed E-state index contributed by atoms with van der Waals surface area (Å²) in [7, 11) is 0. The van der Waals surface area contributed by atoms with Crippen molar-refractivity contribution >= 4 is 17.7 Å². The monoisotopic (exact) mass is 306 g/mol. The van der Waals surface area contributed by atoms with Gasteiger partial charge in [-0.3, -0.25) is 4.79 Å². The number of hydrogen-bond donors (Lipinski definition) is 2. The Morgan fingerprint density at radius 1 is 1.18 bits per heavy atom. The fourth-order valence-corrected chi connectivity index (χ4v) is 1.88. The Balaban J connectivity index is 2.75. The summed E-state index contributed by atoms with van der Waals surface area (Å²) in [6, 6.07) is 8.53. The van der Waals surface area contributed by atoms with Gasteiger partial charge in [0.15, 0.2) is 0 Å². The Bertz CT molecular complexity index is 494. The highest BCUT2D eigenvalue weighted by Gasteiger charge is 2.28. The molecule has 0 heterocycles. The molecule has 0 saturated carbocycles. The Morgan fingerprint density at radius 3 is 2.27 bits per heavy atom. The molecule has 5 heteroatoms. The van der Waals surface area contributed by atoms with Crippen LogP contribution >= 0.6 is 0 Å². The third-order valence-corrected chi connectivity index (χ3v) is 3.21. The van der Waals surface area contributed by atoms with Crippen molar-refractivity contribution in [2.24, 2.45) is 5.92 Å². The predicted molar refractivity (Wildman–Crippen MR) is 87.7 cm³/mol. The Labute approximate surface area is 132 Å². The van der Waals surface area contributed by atoms with Crippen molar-refractivity contribution in [3.05, 3.63) is 30.3 Å². The molecule has 122 valence electrons. The molecule has 2 atom stereocenters. The first kappa shape index (κ1) is 18.0. The van der Waals surface area contributed by atoms with E-state index >= 15 is 0 Å². The van der Waals surface area contributed by atoms with Gasteiger partial charge in [-0.15, -0.1) is 0 Å². The molecule has 2 N–H and O–H groups in total. The van der Waals surface area contributed by atoms with Gasteiger partial charge in [-0.25, -0.2) is 4.79 Å². The fourth-order valence-electron chi connectivity index (χ4n) is 1.88. The minimum Gasteiger partial charge on any atom is -0.444 e. The summed E-state index contributed by atoms with van der Waals surface area (Å²) in [6.45, 7) is 9.26. The summed E-state index contributed by atoms with van der Waals surface area (Å²) in [6.07, 6.45) is 0.184. The molecule has 5 nitrogen and oxygen atoms in total. The van der Waals surface area contributed by atoms with Crippen LogP contribution in [0.5, 0.6) is 0 Å². The van der Waals surface area contributed by atoms with Crippen molar-refractivity contribution in [2.45, 2.75) is 52.7 Å². The van der Waals surface area contributed by atoms with Gasteiger partial charge in [-0.1, -0.05) is 38.5 Å². The number of para-hydroxylation sites is 1. The van der Waals surface area contributed by atoms with E-state index < -0.39 is 17.7 Å². The number of alkyl carbamates (subject to hydrolysis) is 1. The van der Waals surface area contributed by atoms with Crippen molar-refractivity contribution < 1.29 is 14.3 Å². The molecule has 0 saturated heterocycles. The number of carbonyl (C=O) groups excluding carboxylic acids is 2. The Morgan fingerprint density at radius 2 is 1.77 bits per heavy atom. The van der Waals surface area contributed by atoms with Gasteiger partial charge in [0.2, 0.25) is 5.91 Å². The van der Waals surface area contributed by atoms with Crippen molar-refractivity contribution in [2.75, 3.05) is 5.32 Å². The maximum Gasteiger partial charge on any atom is 0.408 e. The first-order chi connectivity index (χ1) is 10.2. The van der Waals surface area contributed by atoms with Gasteiger partial charge in [0.25, 0.3) is 0 Å². The van der Waals surface area contributed by atoms with Crippen LogP contribution in [0.2, 0.25) is 0 Å². The zero-order chi connectivity index (χ0) is 16.8. The van der Waals surface area contributed by atoms with Crippen LogP contribution < -0.4 is 10.6 Å². The third-order valence-electron chi connectivity index (χ3n) is 3.21. The summed E-state index contributed by atoms with van der Waals surface area (Å²) in [5, 5.41) is 5.49. The minimum absolute atomic E-state index is 0.00349. The number of carbonyl (C=O) groups is 2. The number of rotatable bonds is 5. The Kier molecular flexibility index (Phi) is 6.40. The van der Waals surface area contributed by atoms with Gasteiger partial charge in [-0.05, 0) is 38.8 Å². The van der Waals surface area contributed by atoms with Crippen molar-refractivity contribution in [1.29, 1.82) is 0 Å². The first-order valence-corrected chi connectivity index (χ1v) is 7.58. The summed E-state index contributed by atoms with van der Waals surface area (Å²) < 4.78 is 5.23. The summed E-state index contributed by atoms with van der Waals surface area (Å²) in [4.78, 5) is 24.4. The molecule has 1 rings (SSSR count). The highest BCUT2D eigenvalue weighted by Crippen LogP contribution is 2.13. The van der Waals surface area contributed by atoms with Crippen LogP contribution in [-0.4, -0.2) is 23.6 Å². The highest BCUT2D eigenvalue weighted by molar-refractivity contribution is 5.96. The molecule has 1 aromatic carbocycles. The summed E-state index contributed by atoms with van der Waals surface area (Å²) >= 11 is 0. The lowest BCUT2D eigenvalue weighted by Crippen LogP contribution is -2.49. The molecule has 0 aromatic heterocycles. The number of anilines is 1. The molecular weight excluding hydrogens is 280 g/mol. The van der Waals surface area contributed by atoms with Gasteiger partial charge in [0.1, 0.15) is 11.6 Å². The molecule has 22 heavy (non-hydrogen) atoms. The number of nitrogens with one attached hydrogen (secondary N) is 2. The molecule has 2 amide bonds. The highest BCUT2D eigenvalue weighted by atomic mass is 16.6. The molecular formula is C17H26N2O3. The number of benzene rings is 1. The van der Waals surface area contributed by atoms with Crippen LogP contribution in [0.15, 0.2) is 30.3 Å². The van der Waals surface area contributed by atoms with E-state index in [0.29, 0.717) is 5.69 Å². The largest absolute Gasteiger partial charge is 0.444 e. The lowest BCUT2D eigenvalue weighted by atomic mass is 9.98. The van der Waals surface area contributed by atoms with Crippen LogP contribution in [0.1, 0.15) is 41.0 Å². The van der Waals surface area contributed by atoms with E-state index in [4.69, 9.17) is 4.74 Å². The topological polar surface area (TPSA) is 67.4 Å². The van der Waals surface area contributed by atoms with E-state index in [1.165, 1.54) is 0 Å². The molecule has 0 fully saturated rings. The average molecular weight is 306 g/mol. The smallest absolute Gasteiger partial charge is 0.408 e. The lowest BCUT2D eigenvalue weighted by Gasteiger charge is -2.26. The van der Waals surface area contributed by atoms with Crippen molar-refractivity contribution in [3.63, 3.8) is 0 Å². The molecule has 0 radical (unpaired) electrons. The van der Waals surface area contributed by atoms with Crippen LogP contribution in [0.4, 0.5) is 10.5 Å². The van der Waals surface area contributed by atoms with E-state index in [-0.39, 0.29) is 11.8 Å². The van der Waals surface area contributed by atoms with Crippen LogP contribution in [0.3, 0.4) is 0 Å². The number of ether oxygens (including phenoxy) is 1. The summed E-state index contributed by atoms with van der Waals surface area (Å²) in [5.41, 5.74) is 0.104. The molecule has 0 aliphatic rings. The zero-order valence-corrected chi connectivity index (χ0v) is 14.0. The van der Waals surface area contributed by atoms with Crippen molar-refractivity contribution in [1.82, 2.24) is 5.32 Å². The van der Waals surface area contributed by atoms with Crippen molar-refractivity contribution in [3.8, 4) is 0 Å². The predicted octanol–water partition coefficient (Wildman–Crippen LogP) is 3.56. The first-order valence-electron chi connectivity index (χ1n) is 7.58. The molecule has 1 aromatic rings. The third kappa shape index (κ3) is 6.16. The second-order valence-corrected chi connectivity index (χ2v) is 6.36. The van der Waals surface area contributed by atoms with E-state index in [0.717, 1.165) is 6.42 Å². The maximum atomic E-state index is 12.4. The molecule has 0 aliphatic carbocycles. The second-order valence-electron chi connectivity index (χ2n) is 6.36. The number of amides is 2. The normalized spacial score (nSPS) is 13.9. The minimum atomic E-state index is -0.639. The van der Waals surface area contributed by atoms with Crippen LogP contribution in [-0.2, 0) is 9.53 Å². The lowest BCUT2D eigenvalue weighted by molar-refractivity contribution is -0.119. The number of hydrogen-bond acceptors (Lipinski definition) is 3. The second kappa shape index (κ2) is 7.82. The van der Waals surface area contributed by atoms with Gasteiger partial charge in [0, 0.05) is 5.69 Å². The van der Waals surface area contributed by atoms with E-state index in [9.17, 15) is 9.59 Å².